The fourth-order valence-electron chi connectivity index (χ4n) is 1.29. The summed E-state index contributed by atoms with van der Waals surface area (Å²) in [4.78, 5) is 11.9. The molecule has 1 atom stereocenters. The van der Waals surface area contributed by atoms with Gasteiger partial charge in [-0.25, -0.2) is 0 Å². The number of benzene rings is 1. The lowest BCUT2D eigenvalue weighted by Gasteiger charge is -2.22. The van der Waals surface area contributed by atoms with Gasteiger partial charge in [0.1, 0.15) is 5.75 Å². The Hall–Kier alpha value is -1.55. The lowest BCUT2D eigenvalue weighted by Crippen LogP contribution is -2.47. The average Bonchev–Trinajstić information content (AvgIpc) is 2.31. The highest BCUT2D eigenvalue weighted by molar-refractivity contribution is 5.98. The minimum absolute atomic E-state index is 0.184. The van der Waals surface area contributed by atoms with Crippen LogP contribution in [0, 0.1) is 6.92 Å². The predicted molar refractivity (Wildman–Crippen MR) is 69.2 cm³/mol. The van der Waals surface area contributed by atoms with E-state index in [2.05, 4.69) is 5.32 Å². The maximum absolute atomic E-state index is 11.9. The van der Waals surface area contributed by atoms with Crippen molar-refractivity contribution in [1.29, 1.82) is 0 Å². The third kappa shape index (κ3) is 3.20. The zero-order valence-corrected chi connectivity index (χ0v) is 10.8. The van der Waals surface area contributed by atoms with Crippen LogP contribution in [0.1, 0.15) is 25.8 Å². The Morgan fingerprint density at radius 2 is 2.18 bits per heavy atom. The molecule has 1 rings (SSSR count). The molecular formula is C13H20N2O2. The Kier molecular flexibility index (Phi) is 4.12. The maximum atomic E-state index is 11.9. The number of nitrogens with one attached hydrogen (secondary N) is 1. The number of anilines is 1. The highest BCUT2D eigenvalue weighted by Crippen LogP contribution is 2.22. The van der Waals surface area contributed by atoms with Crippen LogP contribution >= 0.6 is 0 Å². The fraction of sp³-hybridized carbons (Fsp3) is 0.462. The van der Waals surface area contributed by atoms with Gasteiger partial charge >= 0.3 is 0 Å². The Balaban J connectivity index is 2.91. The number of carbonyl (C=O) groups is 1. The first-order chi connectivity index (χ1) is 7.90. The van der Waals surface area contributed by atoms with Crippen molar-refractivity contribution in [2.45, 2.75) is 32.7 Å². The Bertz CT molecular complexity index is 414. The third-order valence-corrected chi connectivity index (χ3v) is 2.95. The number of aryl methyl sites for hydroxylation is 1. The van der Waals surface area contributed by atoms with Crippen LogP contribution in [-0.2, 0) is 4.79 Å². The predicted octanol–water partition coefficient (Wildman–Crippen LogP) is 2.07. The molecule has 0 fully saturated rings. The zero-order valence-electron chi connectivity index (χ0n) is 10.8. The van der Waals surface area contributed by atoms with Crippen molar-refractivity contribution >= 4 is 11.6 Å². The van der Waals surface area contributed by atoms with Gasteiger partial charge in [0.25, 0.3) is 0 Å². The van der Waals surface area contributed by atoms with Gasteiger partial charge in [0, 0.05) is 11.8 Å². The topological polar surface area (TPSA) is 64.4 Å². The minimum Gasteiger partial charge on any atom is -0.497 e. The van der Waals surface area contributed by atoms with Crippen LogP contribution in [0.2, 0.25) is 0 Å². The molecule has 4 nitrogen and oxygen atoms in total. The molecular weight excluding hydrogens is 216 g/mol. The van der Waals surface area contributed by atoms with Gasteiger partial charge in [-0.1, -0.05) is 13.0 Å². The normalized spacial score (nSPS) is 13.9. The van der Waals surface area contributed by atoms with E-state index in [0.29, 0.717) is 12.2 Å². The molecule has 0 aliphatic heterocycles. The Labute approximate surface area is 102 Å². The highest BCUT2D eigenvalue weighted by atomic mass is 16.5. The lowest BCUT2D eigenvalue weighted by molar-refractivity contribution is -0.120. The van der Waals surface area contributed by atoms with Crippen LogP contribution in [0.25, 0.3) is 0 Å². The first-order valence-electron chi connectivity index (χ1n) is 5.65. The molecule has 94 valence electrons. The van der Waals surface area contributed by atoms with Gasteiger partial charge in [0.05, 0.1) is 12.6 Å². The van der Waals surface area contributed by atoms with Crippen molar-refractivity contribution in [1.82, 2.24) is 0 Å². The van der Waals surface area contributed by atoms with E-state index in [1.165, 1.54) is 0 Å². The van der Waals surface area contributed by atoms with E-state index in [9.17, 15) is 4.79 Å². The molecule has 0 saturated carbocycles. The monoisotopic (exact) mass is 236 g/mol. The van der Waals surface area contributed by atoms with Crippen molar-refractivity contribution in [3.63, 3.8) is 0 Å². The maximum Gasteiger partial charge on any atom is 0.244 e. The van der Waals surface area contributed by atoms with E-state index in [1.54, 1.807) is 20.1 Å². The molecule has 1 amide bonds. The van der Waals surface area contributed by atoms with Crippen LogP contribution in [0.5, 0.6) is 5.75 Å². The number of rotatable bonds is 4. The van der Waals surface area contributed by atoms with Gasteiger partial charge in [-0.15, -0.1) is 0 Å². The molecule has 0 heterocycles. The van der Waals surface area contributed by atoms with Gasteiger partial charge in [0.2, 0.25) is 5.91 Å². The largest absolute Gasteiger partial charge is 0.497 e. The summed E-state index contributed by atoms with van der Waals surface area (Å²) in [5, 5.41) is 2.83. The molecule has 0 saturated heterocycles. The van der Waals surface area contributed by atoms with Crippen LogP contribution in [-0.4, -0.2) is 18.6 Å². The van der Waals surface area contributed by atoms with E-state index in [0.717, 1.165) is 11.3 Å². The standard InChI is InChI=1S/C13H20N2O2/c1-5-13(3,14)12(16)15-11-8-10(17-4)7-6-9(11)2/h6-8H,5,14H2,1-4H3,(H,15,16). The summed E-state index contributed by atoms with van der Waals surface area (Å²) in [6, 6.07) is 5.54. The van der Waals surface area contributed by atoms with Crippen LogP contribution < -0.4 is 15.8 Å². The van der Waals surface area contributed by atoms with E-state index in [1.807, 2.05) is 26.0 Å². The van der Waals surface area contributed by atoms with Gasteiger partial charge in [-0.2, -0.15) is 0 Å². The fourth-order valence-corrected chi connectivity index (χ4v) is 1.29. The number of nitrogens with two attached hydrogens (primary N) is 1. The van der Waals surface area contributed by atoms with E-state index in [-0.39, 0.29) is 5.91 Å². The molecule has 4 heteroatoms. The molecule has 1 aromatic carbocycles. The smallest absolute Gasteiger partial charge is 0.244 e. The number of amides is 1. The number of methoxy groups -OCH3 is 1. The molecule has 0 aromatic heterocycles. The molecule has 0 spiro atoms. The quantitative estimate of drug-likeness (QED) is 0.841. The molecule has 0 aliphatic rings. The second-order valence-electron chi connectivity index (χ2n) is 4.41. The summed E-state index contributed by atoms with van der Waals surface area (Å²) in [7, 11) is 1.59. The lowest BCUT2D eigenvalue weighted by atomic mass is 9.99. The van der Waals surface area contributed by atoms with Crippen molar-refractivity contribution in [3.8, 4) is 5.75 Å². The Morgan fingerprint density at radius 3 is 2.71 bits per heavy atom. The van der Waals surface area contributed by atoms with Gasteiger partial charge in [-0.05, 0) is 31.9 Å². The summed E-state index contributed by atoms with van der Waals surface area (Å²) in [6.45, 7) is 5.53. The SMILES string of the molecule is CCC(C)(N)C(=O)Nc1cc(OC)ccc1C. The first-order valence-corrected chi connectivity index (χ1v) is 5.65. The average molecular weight is 236 g/mol. The summed E-state index contributed by atoms with van der Waals surface area (Å²) in [5.41, 5.74) is 6.75. The van der Waals surface area contributed by atoms with Crippen LogP contribution in [0.3, 0.4) is 0 Å². The summed E-state index contributed by atoms with van der Waals surface area (Å²) >= 11 is 0. The van der Waals surface area contributed by atoms with Gasteiger partial charge in [-0.3, -0.25) is 4.79 Å². The first kappa shape index (κ1) is 13.5. The van der Waals surface area contributed by atoms with Crippen molar-refractivity contribution in [2.75, 3.05) is 12.4 Å². The zero-order chi connectivity index (χ0) is 13.1. The second-order valence-corrected chi connectivity index (χ2v) is 4.41. The summed E-state index contributed by atoms with van der Waals surface area (Å²) in [5.74, 6) is 0.525. The second kappa shape index (κ2) is 5.19. The third-order valence-electron chi connectivity index (χ3n) is 2.95. The summed E-state index contributed by atoms with van der Waals surface area (Å²) in [6.07, 6.45) is 0.585. The highest BCUT2D eigenvalue weighted by Gasteiger charge is 2.26. The molecule has 0 aliphatic carbocycles. The van der Waals surface area contributed by atoms with E-state index < -0.39 is 5.54 Å². The van der Waals surface area contributed by atoms with E-state index >= 15 is 0 Å². The number of carbonyl (C=O) groups excluding carboxylic acids is 1. The van der Waals surface area contributed by atoms with Crippen molar-refractivity contribution < 1.29 is 9.53 Å². The number of hydrogen-bond donors (Lipinski definition) is 2. The molecule has 17 heavy (non-hydrogen) atoms. The van der Waals surface area contributed by atoms with Crippen molar-refractivity contribution in [3.05, 3.63) is 23.8 Å². The van der Waals surface area contributed by atoms with Gasteiger partial charge in [0.15, 0.2) is 0 Å². The molecule has 0 bridgehead atoms. The van der Waals surface area contributed by atoms with Crippen LogP contribution in [0.15, 0.2) is 18.2 Å². The molecule has 1 unspecified atom stereocenters. The summed E-state index contributed by atoms with van der Waals surface area (Å²) < 4.78 is 5.12. The minimum atomic E-state index is -0.852. The van der Waals surface area contributed by atoms with E-state index in [4.69, 9.17) is 10.5 Å². The number of hydrogen-bond acceptors (Lipinski definition) is 3. The van der Waals surface area contributed by atoms with Crippen molar-refractivity contribution in [2.24, 2.45) is 5.73 Å². The molecule has 1 aromatic rings. The molecule has 3 N–H and O–H groups in total. The molecule has 0 radical (unpaired) electrons. The Morgan fingerprint density at radius 1 is 1.53 bits per heavy atom. The van der Waals surface area contributed by atoms with Crippen LogP contribution in [0.4, 0.5) is 5.69 Å². The van der Waals surface area contributed by atoms with Gasteiger partial charge < -0.3 is 15.8 Å². The number of ether oxygens (including phenoxy) is 1.